The van der Waals surface area contributed by atoms with Crippen molar-refractivity contribution in [1.29, 1.82) is 5.26 Å². The number of carbonyl (C=O) groups is 1. The van der Waals surface area contributed by atoms with E-state index in [0.29, 0.717) is 21.4 Å². The van der Waals surface area contributed by atoms with Crippen LogP contribution < -0.4 is 5.32 Å². The Morgan fingerprint density at radius 2 is 1.86 bits per heavy atom. The Morgan fingerprint density at radius 3 is 2.55 bits per heavy atom. The molecule has 1 aliphatic heterocycles. The van der Waals surface area contributed by atoms with Crippen molar-refractivity contribution in [3.63, 3.8) is 0 Å². The fraction of sp³-hybridized carbons (Fsp3) is 0.176. The fourth-order valence-corrected chi connectivity index (χ4v) is 5.07. The zero-order valence-corrected chi connectivity index (χ0v) is 13.4. The molecule has 3 rings (SSSR count). The third-order valence-electron chi connectivity index (χ3n) is 3.32. The van der Waals surface area contributed by atoms with Crippen molar-refractivity contribution in [2.24, 2.45) is 0 Å². The summed E-state index contributed by atoms with van der Waals surface area (Å²) >= 11 is 3.90. The molecule has 0 radical (unpaired) electrons. The summed E-state index contributed by atoms with van der Waals surface area (Å²) < 4.78 is 0.490. The van der Waals surface area contributed by atoms with E-state index in [4.69, 9.17) is 5.26 Å². The van der Waals surface area contributed by atoms with Gasteiger partial charge in [0.05, 0.1) is 16.2 Å². The fourth-order valence-electron chi connectivity index (χ4n) is 2.21. The van der Waals surface area contributed by atoms with Crippen molar-refractivity contribution in [2.45, 2.75) is 4.58 Å². The highest BCUT2D eigenvalue weighted by Gasteiger charge is 2.18. The van der Waals surface area contributed by atoms with E-state index in [1.54, 1.807) is 24.3 Å². The molecule has 0 aliphatic carbocycles. The van der Waals surface area contributed by atoms with Crippen molar-refractivity contribution < 1.29 is 4.79 Å². The smallest absolute Gasteiger partial charge is 0.255 e. The second-order valence-corrected chi connectivity index (χ2v) is 7.57. The average Bonchev–Trinajstić information content (AvgIpc) is 3.09. The van der Waals surface area contributed by atoms with Gasteiger partial charge in [-0.2, -0.15) is 5.26 Å². The molecule has 0 aromatic heterocycles. The van der Waals surface area contributed by atoms with Crippen molar-refractivity contribution >= 4 is 35.1 Å². The van der Waals surface area contributed by atoms with Crippen molar-refractivity contribution in [1.82, 2.24) is 0 Å². The first-order valence-electron chi connectivity index (χ1n) is 6.91. The summed E-state index contributed by atoms with van der Waals surface area (Å²) in [5, 5.41) is 11.7. The van der Waals surface area contributed by atoms with Crippen LogP contribution in [0.1, 0.15) is 26.1 Å². The normalized spacial score (nSPS) is 14.5. The predicted octanol–water partition coefficient (Wildman–Crippen LogP) is 4.29. The molecule has 2 aromatic rings. The maximum Gasteiger partial charge on any atom is 0.255 e. The van der Waals surface area contributed by atoms with Crippen LogP contribution in [0.15, 0.2) is 48.5 Å². The Bertz CT molecular complexity index is 716. The van der Waals surface area contributed by atoms with Gasteiger partial charge < -0.3 is 5.32 Å². The van der Waals surface area contributed by atoms with Gasteiger partial charge in [0.15, 0.2) is 0 Å². The van der Waals surface area contributed by atoms with Crippen LogP contribution in [0.25, 0.3) is 0 Å². The summed E-state index contributed by atoms with van der Waals surface area (Å²) in [6.45, 7) is 0. The Morgan fingerprint density at radius 1 is 1.14 bits per heavy atom. The van der Waals surface area contributed by atoms with Crippen LogP contribution in [0, 0.1) is 11.3 Å². The number of nitriles is 1. The molecular formula is C17H14N2OS2. The van der Waals surface area contributed by atoms with Crippen molar-refractivity contribution in [3.8, 4) is 6.07 Å². The Hall–Kier alpha value is -1.90. The number of anilines is 1. The lowest BCUT2D eigenvalue weighted by Crippen LogP contribution is -2.11. The number of nitrogens with one attached hydrogen (secondary N) is 1. The SMILES string of the molecule is N#Cc1cccc(NC(=O)c2ccc(C3SCCS3)cc2)c1. The van der Waals surface area contributed by atoms with Gasteiger partial charge in [-0.25, -0.2) is 0 Å². The molecule has 1 fully saturated rings. The van der Waals surface area contributed by atoms with Gasteiger partial charge in [0.2, 0.25) is 0 Å². The molecule has 0 unspecified atom stereocenters. The zero-order chi connectivity index (χ0) is 15.4. The minimum absolute atomic E-state index is 0.159. The quantitative estimate of drug-likeness (QED) is 0.914. The number of amides is 1. The molecular weight excluding hydrogens is 312 g/mol. The number of rotatable bonds is 3. The van der Waals surface area contributed by atoms with Gasteiger partial charge in [-0.15, -0.1) is 23.5 Å². The van der Waals surface area contributed by atoms with Crippen LogP contribution >= 0.6 is 23.5 Å². The lowest BCUT2D eigenvalue weighted by atomic mass is 10.1. The molecule has 0 bridgehead atoms. The highest BCUT2D eigenvalue weighted by atomic mass is 32.2. The van der Waals surface area contributed by atoms with E-state index in [1.165, 1.54) is 17.1 Å². The summed E-state index contributed by atoms with van der Waals surface area (Å²) in [7, 11) is 0. The minimum Gasteiger partial charge on any atom is -0.322 e. The van der Waals surface area contributed by atoms with Gasteiger partial charge in [0.25, 0.3) is 5.91 Å². The van der Waals surface area contributed by atoms with Gasteiger partial charge in [0, 0.05) is 22.8 Å². The molecule has 3 nitrogen and oxygen atoms in total. The minimum atomic E-state index is -0.159. The van der Waals surface area contributed by atoms with E-state index < -0.39 is 0 Å². The standard InChI is InChI=1S/C17H14N2OS2/c18-11-12-2-1-3-15(10-12)19-16(20)13-4-6-14(7-5-13)17-21-8-9-22-17/h1-7,10,17H,8-9H2,(H,19,20). The Balaban J connectivity index is 1.70. The molecule has 1 N–H and O–H groups in total. The summed E-state index contributed by atoms with van der Waals surface area (Å²) in [4.78, 5) is 12.2. The molecule has 1 aliphatic rings. The van der Waals surface area contributed by atoms with E-state index in [2.05, 4.69) is 11.4 Å². The molecule has 1 heterocycles. The molecule has 5 heteroatoms. The first-order valence-corrected chi connectivity index (χ1v) is 9.01. The molecule has 0 saturated carbocycles. The number of nitrogens with zero attached hydrogens (tertiary/aromatic N) is 1. The van der Waals surface area contributed by atoms with Crippen LogP contribution in [0.4, 0.5) is 5.69 Å². The molecule has 110 valence electrons. The van der Waals surface area contributed by atoms with Crippen LogP contribution in [0.5, 0.6) is 0 Å². The summed E-state index contributed by atoms with van der Waals surface area (Å²) in [6, 6.07) is 16.7. The monoisotopic (exact) mass is 326 g/mol. The van der Waals surface area contributed by atoms with Crippen molar-refractivity contribution in [2.75, 3.05) is 16.8 Å². The molecule has 0 atom stereocenters. The maximum atomic E-state index is 12.2. The highest BCUT2D eigenvalue weighted by molar-refractivity contribution is 8.19. The molecule has 22 heavy (non-hydrogen) atoms. The Kier molecular flexibility index (Phi) is 4.71. The number of benzene rings is 2. The van der Waals surface area contributed by atoms with Crippen LogP contribution in [0.2, 0.25) is 0 Å². The van der Waals surface area contributed by atoms with E-state index in [9.17, 15) is 4.79 Å². The number of carbonyl (C=O) groups excluding carboxylic acids is 1. The van der Waals surface area contributed by atoms with Gasteiger partial charge in [0.1, 0.15) is 0 Å². The van der Waals surface area contributed by atoms with E-state index in [1.807, 2.05) is 47.8 Å². The molecule has 2 aromatic carbocycles. The molecule has 1 amide bonds. The zero-order valence-electron chi connectivity index (χ0n) is 11.8. The molecule has 0 spiro atoms. The number of thioether (sulfide) groups is 2. The van der Waals surface area contributed by atoms with Gasteiger partial charge in [-0.05, 0) is 35.9 Å². The second kappa shape index (κ2) is 6.91. The summed E-state index contributed by atoms with van der Waals surface area (Å²) in [5.74, 6) is 2.22. The van der Waals surface area contributed by atoms with Crippen molar-refractivity contribution in [3.05, 3.63) is 65.2 Å². The third kappa shape index (κ3) is 3.46. The van der Waals surface area contributed by atoms with Crippen LogP contribution in [-0.2, 0) is 0 Å². The largest absolute Gasteiger partial charge is 0.322 e. The van der Waals surface area contributed by atoms with Gasteiger partial charge in [-0.3, -0.25) is 4.79 Å². The lowest BCUT2D eigenvalue weighted by molar-refractivity contribution is 0.102. The summed E-state index contributed by atoms with van der Waals surface area (Å²) in [6.07, 6.45) is 0. The molecule has 1 saturated heterocycles. The summed E-state index contributed by atoms with van der Waals surface area (Å²) in [5.41, 5.74) is 3.05. The van der Waals surface area contributed by atoms with Crippen LogP contribution in [-0.4, -0.2) is 17.4 Å². The maximum absolute atomic E-state index is 12.2. The first kappa shape index (κ1) is 15.0. The number of hydrogen-bond acceptors (Lipinski definition) is 4. The van der Waals surface area contributed by atoms with Gasteiger partial charge in [-0.1, -0.05) is 18.2 Å². The van der Waals surface area contributed by atoms with Gasteiger partial charge >= 0.3 is 0 Å². The Labute approximate surface area is 138 Å². The van der Waals surface area contributed by atoms with E-state index in [-0.39, 0.29) is 5.91 Å². The van der Waals surface area contributed by atoms with E-state index >= 15 is 0 Å². The number of hydrogen-bond donors (Lipinski definition) is 1. The predicted molar refractivity (Wildman–Crippen MR) is 93.2 cm³/mol. The highest BCUT2D eigenvalue weighted by Crippen LogP contribution is 2.45. The average molecular weight is 326 g/mol. The topological polar surface area (TPSA) is 52.9 Å². The second-order valence-electron chi connectivity index (χ2n) is 4.84. The van der Waals surface area contributed by atoms with Crippen LogP contribution in [0.3, 0.4) is 0 Å². The first-order chi connectivity index (χ1) is 10.8. The third-order valence-corrected chi connectivity index (χ3v) is 6.42. The van der Waals surface area contributed by atoms with E-state index in [0.717, 1.165) is 0 Å². The lowest BCUT2D eigenvalue weighted by Gasteiger charge is -2.09.